The summed E-state index contributed by atoms with van der Waals surface area (Å²) in [7, 11) is -1.61. The molecule has 0 spiro atoms. The first kappa shape index (κ1) is 17.6. The van der Waals surface area contributed by atoms with Gasteiger partial charge in [0.05, 0.1) is 4.90 Å². The molecule has 0 aliphatic carbocycles. The Labute approximate surface area is 130 Å². The Hall–Kier alpha value is -0.430. The minimum absolute atomic E-state index is 0.285. The average molecular weight is 363 g/mol. The highest BCUT2D eigenvalue weighted by atomic mass is 79.9. The van der Waals surface area contributed by atoms with Crippen LogP contribution < -0.4 is 10.0 Å². The molecule has 0 radical (unpaired) electrons. The standard InChI is InChI=1S/C14H23BrN2O2S/c1-10(2)11(3)8-17-20(18,19)14-6-5-12(9-16-4)7-13(14)15/h5-7,10-11,16-17H,8-9H2,1-4H3. The van der Waals surface area contributed by atoms with Crippen molar-refractivity contribution in [3.8, 4) is 0 Å². The van der Waals surface area contributed by atoms with E-state index in [4.69, 9.17) is 0 Å². The highest BCUT2D eigenvalue weighted by Gasteiger charge is 2.19. The van der Waals surface area contributed by atoms with Gasteiger partial charge in [0.2, 0.25) is 10.0 Å². The fourth-order valence-electron chi connectivity index (χ4n) is 1.63. The Balaban J connectivity index is 2.87. The lowest BCUT2D eigenvalue weighted by Gasteiger charge is -2.17. The van der Waals surface area contributed by atoms with Gasteiger partial charge in [0, 0.05) is 17.6 Å². The first-order valence-electron chi connectivity index (χ1n) is 6.70. The number of benzene rings is 1. The summed E-state index contributed by atoms with van der Waals surface area (Å²) in [5, 5.41) is 3.04. The van der Waals surface area contributed by atoms with E-state index in [1.165, 1.54) is 0 Å². The van der Waals surface area contributed by atoms with E-state index < -0.39 is 10.0 Å². The van der Waals surface area contributed by atoms with Crippen LogP contribution in [0.2, 0.25) is 0 Å². The number of hydrogen-bond acceptors (Lipinski definition) is 3. The van der Waals surface area contributed by atoms with Crippen LogP contribution in [0, 0.1) is 11.8 Å². The lowest BCUT2D eigenvalue weighted by Crippen LogP contribution is -2.30. The van der Waals surface area contributed by atoms with Crippen molar-refractivity contribution in [2.24, 2.45) is 11.8 Å². The number of halogens is 1. The minimum Gasteiger partial charge on any atom is -0.316 e. The molecule has 0 aromatic heterocycles. The van der Waals surface area contributed by atoms with Crippen molar-refractivity contribution in [1.82, 2.24) is 10.0 Å². The van der Waals surface area contributed by atoms with E-state index in [0.717, 1.165) is 5.56 Å². The molecule has 0 saturated carbocycles. The highest BCUT2D eigenvalue weighted by Crippen LogP contribution is 2.23. The topological polar surface area (TPSA) is 58.2 Å². The van der Waals surface area contributed by atoms with Crippen molar-refractivity contribution in [3.05, 3.63) is 28.2 Å². The van der Waals surface area contributed by atoms with Gasteiger partial charge in [-0.25, -0.2) is 13.1 Å². The summed E-state index contributed by atoms with van der Waals surface area (Å²) in [6.45, 7) is 7.36. The van der Waals surface area contributed by atoms with Crippen LogP contribution in [0.15, 0.2) is 27.6 Å². The minimum atomic E-state index is -3.47. The molecular formula is C14H23BrN2O2S. The van der Waals surface area contributed by atoms with E-state index in [1.54, 1.807) is 6.07 Å². The molecule has 1 aromatic rings. The number of nitrogens with one attached hydrogen (secondary N) is 2. The van der Waals surface area contributed by atoms with Gasteiger partial charge in [0.25, 0.3) is 0 Å². The second-order valence-corrected chi connectivity index (χ2v) is 7.96. The van der Waals surface area contributed by atoms with Crippen molar-refractivity contribution in [3.63, 3.8) is 0 Å². The molecular weight excluding hydrogens is 340 g/mol. The average Bonchev–Trinajstić information content (AvgIpc) is 2.36. The Kier molecular flexibility index (Phi) is 6.64. The van der Waals surface area contributed by atoms with Crippen LogP contribution in [0.3, 0.4) is 0 Å². The monoisotopic (exact) mass is 362 g/mol. The fraction of sp³-hybridized carbons (Fsp3) is 0.571. The summed E-state index contributed by atoms with van der Waals surface area (Å²) in [6, 6.07) is 5.29. The molecule has 2 N–H and O–H groups in total. The van der Waals surface area contributed by atoms with Gasteiger partial charge in [0.15, 0.2) is 0 Å². The van der Waals surface area contributed by atoms with Gasteiger partial charge in [-0.2, -0.15) is 0 Å². The third-order valence-electron chi connectivity index (χ3n) is 3.40. The smallest absolute Gasteiger partial charge is 0.241 e. The molecule has 0 aliphatic heterocycles. The van der Waals surface area contributed by atoms with Crippen LogP contribution in [-0.4, -0.2) is 22.0 Å². The zero-order valence-electron chi connectivity index (χ0n) is 12.4. The number of sulfonamides is 1. The molecule has 0 saturated heterocycles. The van der Waals surface area contributed by atoms with Gasteiger partial charge in [-0.05, 0) is 52.5 Å². The van der Waals surface area contributed by atoms with E-state index in [1.807, 2.05) is 26.1 Å². The van der Waals surface area contributed by atoms with Crippen molar-refractivity contribution in [1.29, 1.82) is 0 Å². The van der Waals surface area contributed by atoms with E-state index in [2.05, 4.69) is 39.8 Å². The van der Waals surface area contributed by atoms with Gasteiger partial charge in [0.1, 0.15) is 0 Å². The molecule has 20 heavy (non-hydrogen) atoms. The molecule has 114 valence electrons. The lowest BCUT2D eigenvalue weighted by molar-refractivity contribution is 0.414. The quantitative estimate of drug-likeness (QED) is 0.783. The van der Waals surface area contributed by atoms with Crippen LogP contribution in [0.1, 0.15) is 26.3 Å². The molecule has 1 unspecified atom stereocenters. The summed E-state index contributed by atoms with van der Waals surface area (Å²) >= 11 is 3.34. The molecule has 1 atom stereocenters. The van der Waals surface area contributed by atoms with Crippen LogP contribution in [0.5, 0.6) is 0 Å². The third-order valence-corrected chi connectivity index (χ3v) is 5.80. The van der Waals surface area contributed by atoms with Gasteiger partial charge in [-0.1, -0.05) is 26.8 Å². The van der Waals surface area contributed by atoms with Crippen LogP contribution in [0.25, 0.3) is 0 Å². The van der Waals surface area contributed by atoms with Gasteiger partial charge in [-0.15, -0.1) is 0 Å². The first-order valence-corrected chi connectivity index (χ1v) is 8.98. The normalized spacial score (nSPS) is 13.7. The third kappa shape index (κ3) is 4.84. The summed E-state index contributed by atoms with van der Waals surface area (Å²) in [4.78, 5) is 0.285. The van der Waals surface area contributed by atoms with Gasteiger partial charge in [-0.3, -0.25) is 0 Å². The molecule has 0 fully saturated rings. The molecule has 1 aromatic carbocycles. The SMILES string of the molecule is CNCc1ccc(S(=O)(=O)NCC(C)C(C)C)c(Br)c1. The largest absolute Gasteiger partial charge is 0.316 e. The summed E-state index contributed by atoms with van der Waals surface area (Å²) in [5.41, 5.74) is 1.04. The van der Waals surface area contributed by atoms with Crippen molar-refractivity contribution in [2.75, 3.05) is 13.6 Å². The number of hydrogen-bond donors (Lipinski definition) is 2. The van der Waals surface area contributed by atoms with Crippen molar-refractivity contribution < 1.29 is 8.42 Å². The summed E-state index contributed by atoms with van der Waals surface area (Å²) in [5.74, 6) is 0.742. The van der Waals surface area contributed by atoms with Crippen molar-refractivity contribution in [2.45, 2.75) is 32.2 Å². The van der Waals surface area contributed by atoms with Crippen LogP contribution >= 0.6 is 15.9 Å². The predicted molar refractivity (Wildman–Crippen MR) is 86.1 cm³/mol. The molecule has 4 nitrogen and oxygen atoms in total. The van der Waals surface area contributed by atoms with Crippen molar-refractivity contribution >= 4 is 26.0 Å². The Morgan fingerprint density at radius 3 is 2.40 bits per heavy atom. The second-order valence-electron chi connectivity index (χ2n) is 5.37. The summed E-state index contributed by atoms with van der Waals surface area (Å²) in [6.07, 6.45) is 0. The predicted octanol–water partition coefficient (Wildman–Crippen LogP) is 2.74. The van der Waals surface area contributed by atoms with E-state index in [9.17, 15) is 8.42 Å². The van der Waals surface area contributed by atoms with Crippen LogP contribution in [0.4, 0.5) is 0 Å². The fourth-order valence-corrected chi connectivity index (χ4v) is 3.90. The molecule has 1 rings (SSSR count). The second kappa shape index (κ2) is 7.54. The molecule has 0 bridgehead atoms. The maximum absolute atomic E-state index is 12.3. The summed E-state index contributed by atoms with van der Waals surface area (Å²) < 4.78 is 27.9. The first-order chi connectivity index (χ1) is 9.27. The molecule has 0 amide bonds. The molecule has 6 heteroatoms. The lowest BCUT2D eigenvalue weighted by atomic mass is 9.99. The van der Waals surface area contributed by atoms with Gasteiger partial charge >= 0.3 is 0 Å². The zero-order valence-corrected chi connectivity index (χ0v) is 14.8. The van der Waals surface area contributed by atoms with E-state index >= 15 is 0 Å². The Morgan fingerprint density at radius 1 is 1.25 bits per heavy atom. The zero-order chi connectivity index (χ0) is 15.3. The Bertz CT molecular complexity index is 544. The Morgan fingerprint density at radius 2 is 1.90 bits per heavy atom. The molecule has 0 heterocycles. The van der Waals surface area contributed by atoms with E-state index in [0.29, 0.717) is 29.4 Å². The van der Waals surface area contributed by atoms with E-state index in [-0.39, 0.29) is 4.90 Å². The maximum atomic E-state index is 12.3. The van der Waals surface area contributed by atoms with Crippen LogP contribution in [-0.2, 0) is 16.6 Å². The number of rotatable bonds is 7. The molecule has 0 aliphatic rings. The maximum Gasteiger partial charge on any atom is 0.241 e. The highest BCUT2D eigenvalue weighted by molar-refractivity contribution is 9.10. The van der Waals surface area contributed by atoms with Gasteiger partial charge < -0.3 is 5.32 Å².